The van der Waals surface area contributed by atoms with Gasteiger partial charge in [0.15, 0.2) is 0 Å². The zero-order valence-electron chi connectivity index (χ0n) is 10.6. The minimum Gasteiger partial charge on any atom is -0.378 e. The van der Waals surface area contributed by atoms with Gasteiger partial charge in [0.25, 0.3) is 0 Å². The van der Waals surface area contributed by atoms with Crippen LogP contribution in [0.5, 0.6) is 0 Å². The third kappa shape index (κ3) is 2.94. The summed E-state index contributed by atoms with van der Waals surface area (Å²) in [6.07, 6.45) is 0. The first kappa shape index (κ1) is 14.0. The first-order chi connectivity index (χ1) is 8.47. The smallest absolute Gasteiger partial charge is 0.116 e. The quantitative estimate of drug-likeness (QED) is 0.903. The molecule has 1 saturated heterocycles. The lowest BCUT2D eigenvalue weighted by atomic mass is 9.86. The number of thiophene rings is 1. The summed E-state index contributed by atoms with van der Waals surface area (Å²) in [6, 6.07) is 4.52. The Kier molecular flexibility index (Phi) is 4.12. The van der Waals surface area contributed by atoms with Gasteiger partial charge in [-0.1, -0.05) is 13.8 Å². The van der Waals surface area contributed by atoms with Gasteiger partial charge in [-0.2, -0.15) is 5.26 Å². The summed E-state index contributed by atoms with van der Waals surface area (Å²) in [5.74, 6) is 0. The normalized spacial score (nSPS) is 18.1. The third-order valence-electron chi connectivity index (χ3n) is 3.26. The number of nitriles is 1. The van der Waals surface area contributed by atoms with Crippen molar-refractivity contribution in [2.24, 2.45) is 5.41 Å². The van der Waals surface area contributed by atoms with Crippen molar-refractivity contribution in [1.29, 1.82) is 5.26 Å². The molecule has 0 unspecified atom stereocenters. The maximum Gasteiger partial charge on any atom is 0.116 e. The summed E-state index contributed by atoms with van der Waals surface area (Å²) in [5, 5.41) is 14.6. The fourth-order valence-corrected chi connectivity index (χ4v) is 3.48. The predicted octanol–water partition coefficient (Wildman–Crippen LogP) is 2.92. The van der Waals surface area contributed by atoms with E-state index >= 15 is 0 Å². The molecule has 3 nitrogen and oxygen atoms in total. The summed E-state index contributed by atoms with van der Waals surface area (Å²) in [4.78, 5) is 1.35. The lowest BCUT2D eigenvalue weighted by Crippen LogP contribution is -2.50. The monoisotopic (exact) mass is 328 g/mol. The van der Waals surface area contributed by atoms with Crippen molar-refractivity contribution in [1.82, 2.24) is 5.32 Å². The third-order valence-corrected chi connectivity index (χ3v) is 5.32. The van der Waals surface area contributed by atoms with E-state index in [2.05, 4.69) is 52.6 Å². The van der Waals surface area contributed by atoms with Crippen LogP contribution in [-0.2, 0) is 10.2 Å². The lowest BCUT2D eigenvalue weighted by Gasteiger charge is -2.36. The number of ether oxygens (including phenoxy) is 1. The zero-order valence-corrected chi connectivity index (χ0v) is 13.0. The highest BCUT2D eigenvalue weighted by Crippen LogP contribution is 2.31. The van der Waals surface area contributed by atoms with Crippen LogP contribution in [0.15, 0.2) is 15.9 Å². The fourth-order valence-electron chi connectivity index (χ4n) is 1.92. The molecule has 1 aliphatic heterocycles. The van der Waals surface area contributed by atoms with E-state index in [-0.39, 0.29) is 10.8 Å². The van der Waals surface area contributed by atoms with E-state index in [0.29, 0.717) is 19.8 Å². The van der Waals surface area contributed by atoms with E-state index in [1.807, 2.05) is 0 Å². The van der Waals surface area contributed by atoms with Gasteiger partial charge in [0.2, 0.25) is 0 Å². The van der Waals surface area contributed by atoms with Crippen molar-refractivity contribution in [3.05, 3.63) is 20.8 Å². The standard InChI is InChI=1S/C13H17BrN2OS/c1-12(2,11-3-10(14)4-18-11)6-16-7-13(5-15)8-17-9-13/h3-4,16H,6-9H2,1-2H3. The van der Waals surface area contributed by atoms with E-state index in [9.17, 15) is 0 Å². The van der Waals surface area contributed by atoms with E-state index in [4.69, 9.17) is 10.00 Å². The van der Waals surface area contributed by atoms with E-state index in [0.717, 1.165) is 11.0 Å². The first-order valence-electron chi connectivity index (χ1n) is 5.92. The highest BCUT2D eigenvalue weighted by Gasteiger charge is 2.39. The van der Waals surface area contributed by atoms with Crippen LogP contribution in [0.3, 0.4) is 0 Å². The molecule has 1 aromatic rings. The van der Waals surface area contributed by atoms with Crippen LogP contribution in [0.4, 0.5) is 0 Å². The van der Waals surface area contributed by atoms with Crippen LogP contribution >= 0.6 is 27.3 Å². The van der Waals surface area contributed by atoms with Crippen molar-refractivity contribution in [3.63, 3.8) is 0 Å². The topological polar surface area (TPSA) is 45.0 Å². The minimum atomic E-state index is -0.299. The Morgan fingerprint density at radius 2 is 2.33 bits per heavy atom. The first-order valence-corrected chi connectivity index (χ1v) is 7.59. The van der Waals surface area contributed by atoms with E-state index in [1.165, 1.54) is 4.88 Å². The fraction of sp³-hybridized carbons (Fsp3) is 0.615. The molecule has 0 atom stereocenters. The molecule has 1 fully saturated rings. The van der Waals surface area contributed by atoms with Crippen LogP contribution in [-0.4, -0.2) is 26.3 Å². The van der Waals surface area contributed by atoms with Crippen LogP contribution in [0, 0.1) is 16.7 Å². The van der Waals surface area contributed by atoms with Gasteiger partial charge in [0.05, 0.1) is 19.3 Å². The Morgan fingerprint density at radius 3 is 2.78 bits per heavy atom. The highest BCUT2D eigenvalue weighted by molar-refractivity contribution is 9.10. The number of nitrogens with zero attached hydrogens (tertiary/aromatic N) is 1. The molecule has 0 saturated carbocycles. The van der Waals surface area contributed by atoms with Crippen LogP contribution < -0.4 is 5.32 Å². The summed E-state index contributed by atoms with van der Waals surface area (Å²) in [6.45, 7) is 7.12. The number of hydrogen-bond donors (Lipinski definition) is 1. The summed E-state index contributed by atoms with van der Waals surface area (Å²) < 4.78 is 6.27. The Bertz CT molecular complexity index is 460. The van der Waals surface area contributed by atoms with Gasteiger partial charge in [-0.15, -0.1) is 11.3 Å². The Morgan fingerprint density at radius 1 is 1.61 bits per heavy atom. The molecule has 0 aliphatic carbocycles. The Labute approximate surface area is 120 Å². The lowest BCUT2D eigenvalue weighted by molar-refractivity contribution is -0.0756. The van der Waals surface area contributed by atoms with Gasteiger partial charge in [-0.05, 0) is 22.0 Å². The maximum absolute atomic E-state index is 9.11. The van der Waals surface area contributed by atoms with Gasteiger partial charge in [0, 0.05) is 33.2 Å². The largest absolute Gasteiger partial charge is 0.378 e. The molecular formula is C13H17BrN2OS. The van der Waals surface area contributed by atoms with E-state index in [1.54, 1.807) is 11.3 Å². The number of rotatable bonds is 5. The van der Waals surface area contributed by atoms with E-state index < -0.39 is 0 Å². The van der Waals surface area contributed by atoms with Crippen molar-refractivity contribution >= 4 is 27.3 Å². The molecule has 1 aromatic heterocycles. The molecule has 0 radical (unpaired) electrons. The Balaban J connectivity index is 1.88. The molecule has 0 aromatic carbocycles. The minimum absolute atomic E-state index is 0.0813. The average molecular weight is 329 g/mol. The predicted molar refractivity (Wildman–Crippen MR) is 76.8 cm³/mol. The van der Waals surface area contributed by atoms with Crippen molar-refractivity contribution in [2.45, 2.75) is 19.3 Å². The second kappa shape index (κ2) is 5.30. The highest BCUT2D eigenvalue weighted by atomic mass is 79.9. The summed E-state index contributed by atoms with van der Waals surface area (Å²) in [7, 11) is 0. The van der Waals surface area contributed by atoms with Crippen molar-refractivity contribution in [2.75, 3.05) is 26.3 Å². The van der Waals surface area contributed by atoms with Crippen molar-refractivity contribution < 1.29 is 4.74 Å². The molecule has 5 heteroatoms. The van der Waals surface area contributed by atoms with Gasteiger partial charge in [-0.3, -0.25) is 0 Å². The second-order valence-corrected chi connectivity index (χ2v) is 7.33. The molecule has 2 heterocycles. The second-order valence-electron chi connectivity index (χ2n) is 5.50. The van der Waals surface area contributed by atoms with Crippen molar-refractivity contribution in [3.8, 4) is 6.07 Å². The number of nitrogens with one attached hydrogen (secondary N) is 1. The molecule has 98 valence electrons. The van der Waals surface area contributed by atoms with Crippen LogP contribution in [0.1, 0.15) is 18.7 Å². The maximum atomic E-state index is 9.11. The van der Waals surface area contributed by atoms with Gasteiger partial charge in [0.1, 0.15) is 5.41 Å². The van der Waals surface area contributed by atoms with Gasteiger partial charge < -0.3 is 10.1 Å². The molecule has 0 amide bonds. The van der Waals surface area contributed by atoms with Crippen LogP contribution in [0.2, 0.25) is 0 Å². The molecule has 1 aliphatic rings. The SMILES string of the molecule is CC(C)(CNCC1(C#N)COC1)c1cc(Br)cs1. The average Bonchev–Trinajstić information content (AvgIpc) is 2.70. The van der Waals surface area contributed by atoms with Gasteiger partial charge >= 0.3 is 0 Å². The van der Waals surface area contributed by atoms with Crippen LogP contribution in [0.25, 0.3) is 0 Å². The molecule has 0 spiro atoms. The summed E-state index contributed by atoms with van der Waals surface area (Å²) >= 11 is 5.25. The number of hydrogen-bond acceptors (Lipinski definition) is 4. The molecule has 1 N–H and O–H groups in total. The number of halogens is 1. The molecule has 18 heavy (non-hydrogen) atoms. The molecular weight excluding hydrogens is 312 g/mol. The Hall–Kier alpha value is -0.410. The summed E-state index contributed by atoms with van der Waals surface area (Å²) in [5.41, 5.74) is -0.218. The molecule has 0 bridgehead atoms. The zero-order chi connectivity index (χ0) is 13.2. The molecule has 2 rings (SSSR count). The van der Waals surface area contributed by atoms with Gasteiger partial charge in [-0.25, -0.2) is 0 Å².